The van der Waals surface area contributed by atoms with E-state index in [2.05, 4.69) is 30.2 Å². The van der Waals surface area contributed by atoms with E-state index in [1.807, 2.05) is 14.0 Å². The van der Waals surface area contributed by atoms with Crippen LogP contribution in [-0.4, -0.2) is 74.8 Å². The highest BCUT2D eigenvalue weighted by Gasteiger charge is 2.28. The van der Waals surface area contributed by atoms with Gasteiger partial charge in [-0.05, 0) is 13.0 Å². The predicted octanol–water partition coefficient (Wildman–Crippen LogP) is 1.43. The molecule has 32 heavy (non-hydrogen) atoms. The summed E-state index contributed by atoms with van der Waals surface area (Å²) in [6, 6.07) is 3.68. The number of hydrogen-bond donors (Lipinski definition) is 1. The Morgan fingerprint density at radius 1 is 1.25 bits per heavy atom. The molecule has 1 aliphatic rings. The van der Waals surface area contributed by atoms with Gasteiger partial charge >= 0.3 is 0 Å². The molecule has 0 spiro atoms. The Morgan fingerprint density at radius 2 is 2.00 bits per heavy atom. The van der Waals surface area contributed by atoms with Crippen LogP contribution >= 0.6 is 0 Å². The molecule has 1 fully saturated rings. The molecule has 2 aromatic heterocycles. The first kappa shape index (κ1) is 21.4. The molecule has 168 valence electrons. The molecular weight excluding hydrogens is 416 g/mol. The van der Waals surface area contributed by atoms with E-state index >= 15 is 0 Å². The fraction of sp³-hybridized carbons (Fsp3) is 0.400. The molecule has 1 amide bonds. The Hall–Kier alpha value is -3.80. The van der Waals surface area contributed by atoms with Crippen LogP contribution in [0, 0.1) is 10.1 Å². The van der Waals surface area contributed by atoms with E-state index in [1.165, 1.54) is 31.6 Å². The second-order valence-electron chi connectivity index (χ2n) is 7.53. The number of aryl methyl sites for hydroxylation is 1. The van der Waals surface area contributed by atoms with Gasteiger partial charge in [-0.15, -0.1) is 0 Å². The zero-order valence-electron chi connectivity index (χ0n) is 18.1. The maximum Gasteiger partial charge on any atom is 0.271 e. The number of nitro groups is 1. The molecule has 0 aliphatic carbocycles. The van der Waals surface area contributed by atoms with Crippen molar-refractivity contribution < 1.29 is 14.5 Å². The van der Waals surface area contributed by atoms with E-state index in [0.29, 0.717) is 31.9 Å². The molecule has 4 rings (SSSR count). The van der Waals surface area contributed by atoms with E-state index in [1.54, 1.807) is 10.9 Å². The summed E-state index contributed by atoms with van der Waals surface area (Å²) >= 11 is 0. The van der Waals surface area contributed by atoms with Gasteiger partial charge in [0.25, 0.3) is 5.69 Å². The van der Waals surface area contributed by atoms with E-state index < -0.39 is 11.0 Å². The molecule has 12 nitrogen and oxygen atoms in total. The number of nitro benzene ring substituents is 1. The van der Waals surface area contributed by atoms with Crippen molar-refractivity contribution in [2.24, 2.45) is 7.05 Å². The normalized spacial score (nSPS) is 15.5. The number of carbonyl (C=O) groups is 1. The summed E-state index contributed by atoms with van der Waals surface area (Å²) in [4.78, 5) is 36.4. The number of hydrogen-bond acceptors (Lipinski definition) is 9. The number of fused-ring (bicyclic) bond motifs is 1. The lowest BCUT2D eigenvalue weighted by molar-refractivity contribution is -0.384. The van der Waals surface area contributed by atoms with Gasteiger partial charge in [0.15, 0.2) is 5.65 Å². The van der Waals surface area contributed by atoms with E-state index in [4.69, 9.17) is 4.74 Å². The Balaban J connectivity index is 1.42. The van der Waals surface area contributed by atoms with Crippen LogP contribution in [0.15, 0.2) is 30.7 Å². The lowest BCUT2D eigenvalue weighted by Gasteiger charge is -2.38. The second kappa shape index (κ2) is 8.75. The minimum Gasteiger partial charge on any atom is -0.495 e. The molecular formula is C20H24N8O4. The number of amides is 1. The SMILES string of the molecule is COc1ccc([N+](=O)[O-])cc1NC(=O)C(C)N1CCN(c2ncnc3c2cnn3C)CC1. The van der Waals surface area contributed by atoms with Crippen molar-refractivity contribution in [3.8, 4) is 5.75 Å². The van der Waals surface area contributed by atoms with Crippen LogP contribution < -0.4 is 15.0 Å². The monoisotopic (exact) mass is 440 g/mol. The van der Waals surface area contributed by atoms with Gasteiger partial charge < -0.3 is 15.0 Å². The fourth-order valence-electron chi connectivity index (χ4n) is 3.83. The number of aromatic nitrogens is 4. The van der Waals surface area contributed by atoms with Gasteiger partial charge in [-0.1, -0.05) is 0 Å². The van der Waals surface area contributed by atoms with Gasteiger partial charge in [0, 0.05) is 45.4 Å². The van der Waals surface area contributed by atoms with Crippen LogP contribution in [0.2, 0.25) is 0 Å². The van der Waals surface area contributed by atoms with Crippen molar-refractivity contribution in [3.63, 3.8) is 0 Å². The molecule has 1 unspecified atom stereocenters. The third-order valence-corrected chi connectivity index (χ3v) is 5.70. The average molecular weight is 440 g/mol. The number of carbonyl (C=O) groups excluding carboxylic acids is 1. The maximum absolute atomic E-state index is 12.9. The van der Waals surface area contributed by atoms with E-state index in [0.717, 1.165) is 16.9 Å². The molecule has 3 heterocycles. The minimum absolute atomic E-state index is 0.117. The number of piperazine rings is 1. The van der Waals surface area contributed by atoms with Crippen molar-refractivity contribution in [2.75, 3.05) is 43.5 Å². The largest absolute Gasteiger partial charge is 0.495 e. The van der Waals surface area contributed by atoms with Crippen molar-refractivity contribution in [3.05, 3.63) is 40.8 Å². The number of anilines is 2. The Bertz CT molecular complexity index is 1160. The average Bonchev–Trinajstić information content (AvgIpc) is 3.19. The van der Waals surface area contributed by atoms with E-state index in [9.17, 15) is 14.9 Å². The smallest absolute Gasteiger partial charge is 0.271 e. The number of nitrogens with zero attached hydrogens (tertiary/aromatic N) is 7. The number of nitrogens with one attached hydrogen (secondary N) is 1. The molecule has 1 aliphatic heterocycles. The molecule has 12 heteroatoms. The van der Waals surface area contributed by atoms with Crippen molar-refractivity contribution in [1.29, 1.82) is 0 Å². The second-order valence-corrected chi connectivity index (χ2v) is 7.53. The fourth-order valence-corrected chi connectivity index (χ4v) is 3.83. The van der Waals surface area contributed by atoms with Gasteiger partial charge in [0.05, 0.1) is 35.3 Å². The quantitative estimate of drug-likeness (QED) is 0.446. The lowest BCUT2D eigenvalue weighted by Crippen LogP contribution is -2.53. The molecule has 1 atom stereocenters. The van der Waals surface area contributed by atoms with E-state index in [-0.39, 0.29) is 17.3 Å². The molecule has 3 aromatic rings. The molecule has 1 aromatic carbocycles. The lowest BCUT2D eigenvalue weighted by atomic mass is 10.2. The molecule has 0 saturated carbocycles. The van der Waals surface area contributed by atoms with Crippen LogP contribution in [0.1, 0.15) is 6.92 Å². The summed E-state index contributed by atoms with van der Waals surface area (Å²) in [5.41, 5.74) is 0.933. The Kier molecular flexibility index (Phi) is 5.86. The topological polar surface area (TPSA) is 132 Å². The van der Waals surface area contributed by atoms with Crippen molar-refractivity contribution in [2.45, 2.75) is 13.0 Å². The molecule has 0 bridgehead atoms. The van der Waals surface area contributed by atoms with Gasteiger partial charge in [0.1, 0.15) is 17.9 Å². The number of benzene rings is 1. The van der Waals surface area contributed by atoms with Gasteiger partial charge in [-0.3, -0.25) is 24.5 Å². The molecule has 1 N–H and O–H groups in total. The molecule has 1 saturated heterocycles. The third-order valence-electron chi connectivity index (χ3n) is 5.70. The number of methoxy groups -OCH3 is 1. The summed E-state index contributed by atoms with van der Waals surface area (Å²) in [5, 5.41) is 19.0. The number of non-ortho nitro benzene ring substituents is 1. The van der Waals surface area contributed by atoms with Gasteiger partial charge in [0.2, 0.25) is 5.91 Å². The van der Waals surface area contributed by atoms with Crippen LogP contribution in [0.4, 0.5) is 17.2 Å². The van der Waals surface area contributed by atoms with Crippen LogP contribution in [0.25, 0.3) is 11.0 Å². The first-order valence-corrected chi connectivity index (χ1v) is 10.1. The highest BCUT2D eigenvalue weighted by Crippen LogP contribution is 2.29. The first-order valence-electron chi connectivity index (χ1n) is 10.1. The zero-order valence-corrected chi connectivity index (χ0v) is 18.1. The van der Waals surface area contributed by atoms with Crippen LogP contribution in [-0.2, 0) is 11.8 Å². The predicted molar refractivity (Wildman–Crippen MR) is 118 cm³/mol. The summed E-state index contributed by atoms with van der Waals surface area (Å²) in [7, 11) is 3.29. The Labute approximate surface area is 183 Å². The summed E-state index contributed by atoms with van der Waals surface area (Å²) in [6.45, 7) is 4.52. The Morgan fingerprint density at radius 3 is 2.69 bits per heavy atom. The highest BCUT2D eigenvalue weighted by molar-refractivity contribution is 5.96. The third kappa shape index (κ3) is 4.04. The van der Waals surface area contributed by atoms with Gasteiger partial charge in [-0.2, -0.15) is 5.10 Å². The zero-order chi connectivity index (χ0) is 22.8. The number of rotatable bonds is 6. The maximum atomic E-state index is 12.9. The summed E-state index contributed by atoms with van der Waals surface area (Å²) in [6.07, 6.45) is 3.30. The first-order chi connectivity index (χ1) is 15.4. The molecule has 0 radical (unpaired) electrons. The van der Waals surface area contributed by atoms with Crippen LogP contribution in [0.3, 0.4) is 0 Å². The standard InChI is InChI=1S/C20H24N8O4/c1-13(20(29)24-16-10-14(28(30)31)4-5-17(16)32-3)26-6-8-27(9-7-26)19-15-11-23-25(2)18(15)21-12-22-19/h4-5,10-13H,6-9H2,1-3H3,(H,24,29). The van der Waals surface area contributed by atoms with Crippen molar-refractivity contribution in [1.82, 2.24) is 24.6 Å². The van der Waals surface area contributed by atoms with Crippen molar-refractivity contribution >= 4 is 34.1 Å². The summed E-state index contributed by atoms with van der Waals surface area (Å²) in [5.74, 6) is 0.945. The highest BCUT2D eigenvalue weighted by atomic mass is 16.6. The van der Waals surface area contributed by atoms with Crippen LogP contribution in [0.5, 0.6) is 5.75 Å². The van der Waals surface area contributed by atoms with Gasteiger partial charge in [-0.25, -0.2) is 9.97 Å². The number of ether oxygens (including phenoxy) is 1. The summed E-state index contributed by atoms with van der Waals surface area (Å²) < 4.78 is 6.94. The minimum atomic E-state index is -0.510.